The number of carbonyl (C=O) groups is 2. The molecule has 20 heavy (non-hydrogen) atoms. The maximum absolute atomic E-state index is 12.1. The Labute approximate surface area is 119 Å². The van der Waals surface area contributed by atoms with Crippen LogP contribution in [-0.4, -0.2) is 30.2 Å². The highest BCUT2D eigenvalue weighted by Crippen LogP contribution is 2.30. The van der Waals surface area contributed by atoms with E-state index in [0.717, 1.165) is 11.3 Å². The summed E-state index contributed by atoms with van der Waals surface area (Å²) >= 11 is 0. The van der Waals surface area contributed by atoms with Crippen LogP contribution in [0.2, 0.25) is 0 Å². The minimum absolute atomic E-state index is 0.0111. The lowest BCUT2D eigenvalue weighted by molar-refractivity contribution is -0.130. The normalized spacial score (nSPS) is 20.1. The van der Waals surface area contributed by atoms with E-state index >= 15 is 0 Å². The fraction of sp³-hybridized carbons (Fsp3) is 0.500. The number of hydrogen-bond donors (Lipinski definition) is 0. The molecular formula is C16H21NO3. The van der Waals surface area contributed by atoms with Gasteiger partial charge in [0.15, 0.2) is 0 Å². The van der Waals surface area contributed by atoms with E-state index in [9.17, 15) is 9.59 Å². The smallest absolute Gasteiger partial charge is 0.223 e. The van der Waals surface area contributed by atoms with Crippen molar-refractivity contribution in [2.45, 2.75) is 32.7 Å². The minimum Gasteiger partial charge on any atom is -0.497 e. The van der Waals surface area contributed by atoms with Crippen molar-refractivity contribution >= 4 is 11.7 Å². The van der Waals surface area contributed by atoms with E-state index in [1.54, 1.807) is 12.0 Å². The zero-order chi connectivity index (χ0) is 14.7. The number of Topliss-reactive ketones (excluding diaryl/α,β-unsaturated/α-hetero) is 1. The first kappa shape index (κ1) is 14.6. The summed E-state index contributed by atoms with van der Waals surface area (Å²) in [5.41, 5.74) is 1.06. The van der Waals surface area contributed by atoms with Crippen molar-refractivity contribution < 1.29 is 14.3 Å². The lowest BCUT2D eigenvalue weighted by Crippen LogP contribution is -2.29. The summed E-state index contributed by atoms with van der Waals surface area (Å²) in [6.07, 6.45) is 0.857. The second-order valence-electron chi connectivity index (χ2n) is 5.22. The van der Waals surface area contributed by atoms with Gasteiger partial charge in [-0.2, -0.15) is 0 Å². The van der Waals surface area contributed by atoms with Crippen LogP contribution in [0.3, 0.4) is 0 Å². The fourth-order valence-corrected chi connectivity index (χ4v) is 2.67. The standard InChI is InChI=1S/C16H21NO3/c1-4-15(18)13-9-16(19)17(10-13)11(2)12-5-7-14(20-3)8-6-12/h5-8,11,13H,4,9-10H2,1-3H3/t11-,13-/m1/s1. The van der Waals surface area contributed by atoms with Gasteiger partial charge in [0.1, 0.15) is 11.5 Å². The number of carbonyl (C=O) groups excluding carboxylic acids is 2. The molecule has 0 spiro atoms. The number of benzene rings is 1. The maximum Gasteiger partial charge on any atom is 0.223 e. The molecule has 108 valence electrons. The molecule has 1 aliphatic heterocycles. The first-order valence-electron chi connectivity index (χ1n) is 7.03. The third-order valence-electron chi connectivity index (χ3n) is 4.03. The van der Waals surface area contributed by atoms with E-state index in [2.05, 4.69) is 0 Å². The van der Waals surface area contributed by atoms with Gasteiger partial charge in [-0.15, -0.1) is 0 Å². The average Bonchev–Trinajstić information content (AvgIpc) is 2.87. The molecule has 1 saturated heterocycles. The number of hydrogen-bond acceptors (Lipinski definition) is 3. The lowest BCUT2D eigenvalue weighted by atomic mass is 10.0. The van der Waals surface area contributed by atoms with Crippen LogP contribution in [0.5, 0.6) is 5.75 Å². The van der Waals surface area contributed by atoms with E-state index in [-0.39, 0.29) is 23.7 Å². The molecular weight excluding hydrogens is 254 g/mol. The molecule has 1 aliphatic rings. The van der Waals surface area contributed by atoms with Gasteiger partial charge in [0.2, 0.25) is 5.91 Å². The van der Waals surface area contributed by atoms with Crippen LogP contribution in [0, 0.1) is 5.92 Å². The summed E-state index contributed by atoms with van der Waals surface area (Å²) in [6, 6.07) is 7.70. The Hall–Kier alpha value is -1.84. The Balaban J connectivity index is 2.10. The Morgan fingerprint density at radius 2 is 2.05 bits per heavy atom. The quantitative estimate of drug-likeness (QED) is 0.829. The van der Waals surface area contributed by atoms with Gasteiger partial charge in [-0.25, -0.2) is 0 Å². The number of rotatable bonds is 5. The van der Waals surface area contributed by atoms with Crippen LogP contribution in [0.4, 0.5) is 0 Å². The molecule has 1 aromatic rings. The van der Waals surface area contributed by atoms with Gasteiger partial charge >= 0.3 is 0 Å². The molecule has 1 aromatic carbocycles. The molecule has 1 fully saturated rings. The number of nitrogens with zero attached hydrogens (tertiary/aromatic N) is 1. The average molecular weight is 275 g/mol. The molecule has 2 atom stereocenters. The molecule has 4 nitrogen and oxygen atoms in total. The molecule has 0 radical (unpaired) electrons. The Morgan fingerprint density at radius 1 is 1.40 bits per heavy atom. The SMILES string of the molecule is CCC(=O)[C@@H]1CC(=O)N([C@H](C)c2ccc(OC)cc2)C1. The van der Waals surface area contributed by atoms with Crippen molar-refractivity contribution in [3.05, 3.63) is 29.8 Å². The molecule has 4 heteroatoms. The highest BCUT2D eigenvalue weighted by Gasteiger charge is 2.36. The third-order valence-corrected chi connectivity index (χ3v) is 4.03. The van der Waals surface area contributed by atoms with E-state index in [0.29, 0.717) is 19.4 Å². The summed E-state index contributed by atoms with van der Waals surface area (Å²) in [5.74, 6) is 0.920. The number of ketones is 1. The highest BCUT2D eigenvalue weighted by atomic mass is 16.5. The number of ether oxygens (including phenoxy) is 1. The minimum atomic E-state index is -0.131. The summed E-state index contributed by atoms with van der Waals surface area (Å²) in [7, 11) is 1.63. The van der Waals surface area contributed by atoms with Gasteiger partial charge in [-0.3, -0.25) is 9.59 Å². The van der Waals surface area contributed by atoms with E-state index in [1.807, 2.05) is 38.1 Å². The van der Waals surface area contributed by atoms with Crippen molar-refractivity contribution in [1.29, 1.82) is 0 Å². The monoisotopic (exact) mass is 275 g/mol. The van der Waals surface area contributed by atoms with Crippen molar-refractivity contribution in [2.75, 3.05) is 13.7 Å². The topological polar surface area (TPSA) is 46.6 Å². The first-order chi connectivity index (χ1) is 9.56. The molecule has 2 rings (SSSR count). The second-order valence-corrected chi connectivity index (χ2v) is 5.22. The molecule has 0 bridgehead atoms. The Bertz CT molecular complexity index is 495. The van der Waals surface area contributed by atoms with Gasteiger partial charge in [0, 0.05) is 25.3 Å². The maximum atomic E-state index is 12.1. The Kier molecular flexibility index (Phi) is 4.42. The van der Waals surface area contributed by atoms with E-state index in [4.69, 9.17) is 4.74 Å². The van der Waals surface area contributed by atoms with Gasteiger partial charge in [0.05, 0.1) is 13.2 Å². The third kappa shape index (κ3) is 2.84. The number of methoxy groups -OCH3 is 1. The van der Waals surface area contributed by atoms with Crippen molar-refractivity contribution in [3.63, 3.8) is 0 Å². The molecule has 0 saturated carbocycles. The summed E-state index contributed by atoms with van der Waals surface area (Å²) in [5, 5.41) is 0. The van der Waals surface area contributed by atoms with E-state index in [1.165, 1.54) is 0 Å². The van der Waals surface area contributed by atoms with Crippen LogP contribution < -0.4 is 4.74 Å². The highest BCUT2D eigenvalue weighted by molar-refractivity contribution is 5.90. The molecule has 0 unspecified atom stereocenters. The number of likely N-dealkylation sites (tertiary alicyclic amines) is 1. The van der Waals surface area contributed by atoms with Crippen molar-refractivity contribution in [1.82, 2.24) is 4.90 Å². The van der Waals surface area contributed by atoms with Crippen molar-refractivity contribution in [3.8, 4) is 5.75 Å². The number of amides is 1. The van der Waals surface area contributed by atoms with Gasteiger partial charge in [-0.05, 0) is 24.6 Å². The predicted molar refractivity (Wildman–Crippen MR) is 76.5 cm³/mol. The van der Waals surface area contributed by atoms with Gasteiger partial charge in [0.25, 0.3) is 0 Å². The molecule has 0 aromatic heterocycles. The fourth-order valence-electron chi connectivity index (χ4n) is 2.67. The summed E-state index contributed by atoms with van der Waals surface area (Å²) in [4.78, 5) is 25.6. The summed E-state index contributed by atoms with van der Waals surface area (Å²) < 4.78 is 5.13. The molecule has 0 aliphatic carbocycles. The molecule has 1 amide bonds. The molecule has 0 N–H and O–H groups in total. The first-order valence-corrected chi connectivity index (χ1v) is 7.03. The zero-order valence-electron chi connectivity index (χ0n) is 12.3. The largest absolute Gasteiger partial charge is 0.497 e. The van der Waals surface area contributed by atoms with Crippen LogP contribution in [0.25, 0.3) is 0 Å². The van der Waals surface area contributed by atoms with Crippen LogP contribution in [0.15, 0.2) is 24.3 Å². The van der Waals surface area contributed by atoms with Crippen LogP contribution in [-0.2, 0) is 9.59 Å². The van der Waals surface area contributed by atoms with Crippen LogP contribution in [0.1, 0.15) is 38.3 Å². The zero-order valence-corrected chi connectivity index (χ0v) is 12.3. The van der Waals surface area contributed by atoms with Crippen molar-refractivity contribution in [2.24, 2.45) is 5.92 Å². The molecule has 1 heterocycles. The summed E-state index contributed by atoms with van der Waals surface area (Å²) in [6.45, 7) is 4.39. The van der Waals surface area contributed by atoms with Gasteiger partial charge in [-0.1, -0.05) is 19.1 Å². The van der Waals surface area contributed by atoms with Crippen LogP contribution >= 0.6 is 0 Å². The second kappa shape index (κ2) is 6.07. The Morgan fingerprint density at radius 3 is 2.60 bits per heavy atom. The van der Waals surface area contributed by atoms with E-state index < -0.39 is 0 Å². The van der Waals surface area contributed by atoms with Gasteiger partial charge < -0.3 is 9.64 Å². The predicted octanol–water partition coefficient (Wildman–Crippen LogP) is 2.58. The lowest BCUT2D eigenvalue weighted by Gasteiger charge is -2.25.